The van der Waals surface area contributed by atoms with E-state index in [2.05, 4.69) is 23.6 Å². The average Bonchev–Trinajstić information content (AvgIpc) is 2.99. The van der Waals surface area contributed by atoms with Crippen LogP contribution in [0.4, 0.5) is 0 Å². The Kier molecular flexibility index (Phi) is 6.27. The molecule has 0 aromatic rings. The Hall–Kier alpha value is -0.160. The highest BCUT2D eigenvalue weighted by Crippen LogP contribution is 2.29. The lowest BCUT2D eigenvalue weighted by atomic mass is 9.85. The van der Waals surface area contributed by atoms with Crippen molar-refractivity contribution in [1.82, 2.24) is 9.80 Å². The van der Waals surface area contributed by atoms with Gasteiger partial charge >= 0.3 is 0 Å². The van der Waals surface area contributed by atoms with Crippen LogP contribution in [0.1, 0.15) is 46.0 Å². The van der Waals surface area contributed by atoms with Crippen molar-refractivity contribution in [3.63, 3.8) is 0 Å². The Morgan fingerprint density at radius 1 is 1.30 bits per heavy atom. The largest absolute Gasteiger partial charge is 0.377 e. The summed E-state index contributed by atoms with van der Waals surface area (Å²) in [4.78, 5) is 5.21. The molecule has 2 heterocycles. The summed E-state index contributed by atoms with van der Waals surface area (Å²) >= 11 is 0. The van der Waals surface area contributed by atoms with Gasteiger partial charge in [0.25, 0.3) is 0 Å². The minimum absolute atomic E-state index is 0.213. The second-order valence-corrected chi connectivity index (χ2v) is 6.44. The molecule has 2 saturated heterocycles. The minimum Gasteiger partial charge on any atom is -0.377 e. The van der Waals surface area contributed by atoms with E-state index in [0.29, 0.717) is 6.10 Å². The highest BCUT2D eigenvalue weighted by molar-refractivity contribution is 4.97. The first-order valence-electron chi connectivity index (χ1n) is 8.53. The van der Waals surface area contributed by atoms with Gasteiger partial charge in [-0.1, -0.05) is 13.8 Å². The molecular weight excluding hydrogens is 250 g/mol. The molecule has 2 N–H and O–H groups in total. The molecule has 0 spiro atoms. The first-order valence-corrected chi connectivity index (χ1v) is 8.53. The van der Waals surface area contributed by atoms with Crippen LogP contribution < -0.4 is 5.73 Å². The molecule has 4 nitrogen and oxygen atoms in total. The number of piperidine rings is 1. The first-order chi connectivity index (χ1) is 9.74. The van der Waals surface area contributed by atoms with Crippen LogP contribution in [0.3, 0.4) is 0 Å². The Morgan fingerprint density at radius 2 is 2.05 bits per heavy atom. The van der Waals surface area contributed by atoms with E-state index in [9.17, 15) is 0 Å². The van der Waals surface area contributed by atoms with E-state index in [0.717, 1.165) is 26.2 Å². The number of nitrogens with two attached hydrogens (primary N) is 1. The molecule has 4 heteroatoms. The minimum atomic E-state index is 0.213. The van der Waals surface area contributed by atoms with Crippen molar-refractivity contribution in [3.8, 4) is 0 Å². The molecule has 0 aromatic heterocycles. The predicted molar refractivity (Wildman–Crippen MR) is 84.0 cm³/mol. The number of hydrogen-bond donors (Lipinski definition) is 1. The summed E-state index contributed by atoms with van der Waals surface area (Å²) in [7, 11) is 0. The zero-order valence-corrected chi connectivity index (χ0v) is 13.4. The molecule has 118 valence electrons. The van der Waals surface area contributed by atoms with Crippen LogP contribution >= 0.6 is 0 Å². The lowest BCUT2D eigenvalue weighted by molar-refractivity contribution is -0.00809. The Balaban J connectivity index is 1.93. The van der Waals surface area contributed by atoms with E-state index >= 15 is 0 Å². The topological polar surface area (TPSA) is 41.7 Å². The lowest BCUT2D eigenvalue weighted by Crippen LogP contribution is -2.60. The first kappa shape index (κ1) is 16.2. The van der Waals surface area contributed by atoms with Crippen LogP contribution in [0.2, 0.25) is 0 Å². The second kappa shape index (κ2) is 7.74. The number of rotatable bonds is 7. The van der Waals surface area contributed by atoms with Gasteiger partial charge in [-0.3, -0.25) is 4.90 Å². The third kappa shape index (κ3) is 3.73. The fourth-order valence-corrected chi connectivity index (χ4v) is 3.85. The van der Waals surface area contributed by atoms with Gasteiger partial charge in [-0.25, -0.2) is 0 Å². The van der Waals surface area contributed by atoms with Gasteiger partial charge in [-0.2, -0.15) is 0 Å². The van der Waals surface area contributed by atoms with Crippen molar-refractivity contribution in [2.75, 3.05) is 45.9 Å². The molecular formula is C16H33N3O. The van der Waals surface area contributed by atoms with Gasteiger partial charge in [-0.15, -0.1) is 0 Å². The van der Waals surface area contributed by atoms with Crippen LogP contribution in [0.5, 0.6) is 0 Å². The summed E-state index contributed by atoms with van der Waals surface area (Å²) < 4.78 is 5.83. The summed E-state index contributed by atoms with van der Waals surface area (Å²) in [5, 5.41) is 0. The normalized spacial score (nSPS) is 27.3. The molecule has 0 radical (unpaired) electrons. The van der Waals surface area contributed by atoms with Gasteiger partial charge in [0.05, 0.1) is 6.10 Å². The maximum Gasteiger partial charge on any atom is 0.0703 e. The molecule has 0 bridgehead atoms. The zero-order valence-electron chi connectivity index (χ0n) is 13.4. The van der Waals surface area contributed by atoms with E-state index in [1.54, 1.807) is 0 Å². The standard InChI is InChI=1S/C16H33N3O/c1-3-9-18-10-7-16(14-17,8-11-18)19(4-2)13-15-6-5-12-20-15/h15H,3-14,17H2,1-2H3. The zero-order chi connectivity index (χ0) is 14.4. The maximum atomic E-state index is 6.21. The molecule has 20 heavy (non-hydrogen) atoms. The number of nitrogens with zero attached hydrogens (tertiary/aromatic N) is 2. The monoisotopic (exact) mass is 283 g/mol. The Morgan fingerprint density at radius 3 is 2.55 bits per heavy atom. The Labute approximate surface area is 124 Å². The number of likely N-dealkylation sites (tertiary alicyclic amines) is 1. The molecule has 0 aromatic carbocycles. The fourth-order valence-electron chi connectivity index (χ4n) is 3.85. The van der Waals surface area contributed by atoms with Gasteiger partial charge in [-0.05, 0) is 58.3 Å². The Bertz CT molecular complexity index is 271. The average molecular weight is 283 g/mol. The predicted octanol–water partition coefficient (Wildman–Crippen LogP) is 1.69. The molecule has 1 unspecified atom stereocenters. The van der Waals surface area contributed by atoms with Crippen molar-refractivity contribution >= 4 is 0 Å². The van der Waals surface area contributed by atoms with Crippen LogP contribution in [-0.2, 0) is 4.74 Å². The maximum absolute atomic E-state index is 6.21. The smallest absolute Gasteiger partial charge is 0.0703 e. The van der Waals surface area contributed by atoms with Crippen molar-refractivity contribution in [3.05, 3.63) is 0 Å². The van der Waals surface area contributed by atoms with Crippen LogP contribution in [0.25, 0.3) is 0 Å². The SMILES string of the molecule is CCCN1CCC(CN)(N(CC)CC2CCCO2)CC1. The highest BCUT2D eigenvalue weighted by Gasteiger charge is 2.39. The molecule has 0 saturated carbocycles. The fraction of sp³-hybridized carbons (Fsp3) is 1.00. The van der Waals surface area contributed by atoms with Gasteiger partial charge in [0.15, 0.2) is 0 Å². The molecule has 2 aliphatic heterocycles. The second-order valence-electron chi connectivity index (χ2n) is 6.44. The van der Waals surface area contributed by atoms with Gasteiger partial charge < -0.3 is 15.4 Å². The summed E-state index contributed by atoms with van der Waals surface area (Å²) in [6.07, 6.45) is 6.56. The third-order valence-corrected chi connectivity index (χ3v) is 5.21. The quantitative estimate of drug-likeness (QED) is 0.772. The summed E-state index contributed by atoms with van der Waals surface area (Å²) in [5.74, 6) is 0. The number of ether oxygens (including phenoxy) is 1. The molecule has 2 rings (SSSR count). The summed E-state index contributed by atoms with van der Waals surface area (Å²) in [6.45, 7) is 12.1. The van der Waals surface area contributed by atoms with E-state index in [4.69, 9.17) is 10.5 Å². The van der Waals surface area contributed by atoms with Gasteiger partial charge in [0, 0.05) is 25.2 Å². The number of hydrogen-bond acceptors (Lipinski definition) is 4. The highest BCUT2D eigenvalue weighted by atomic mass is 16.5. The van der Waals surface area contributed by atoms with E-state index in [1.165, 1.54) is 51.7 Å². The molecule has 0 aliphatic carbocycles. The molecule has 2 fully saturated rings. The van der Waals surface area contributed by atoms with Crippen LogP contribution in [0.15, 0.2) is 0 Å². The summed E-state index contributed by atoms with van der Waals surface area (Å²) in [6, 6.07) is 0. The molecule has 1 atom stereocenters. The third-order valence-electron chi connectivity index (χ3n) is 5.21. The molecule has 0 amide bonds. The van der Waals surface area contributed by atoms with Gasteiger partial charge in [0.2, 0.25) is 0 Å². The van der Waals surface area contributed by atoms with Crippen molar-refractivity contribution in [2.24, 2.45) is 5.73 Å². The van der Waals surface area contributed by atoms with Crippen molar-refractivity contribution < 1.29 is 4.74 Å². The summed E-state index contributed by atoms with van der Waals surface area (Å²) in [5.41, 5.74) is 6.42. The van der Waals surface area contributed by atoms with Crippen molar-refractivity contribution in [2.45, 2.75) is 57.6 Å². The van der Waals surface area contributed by atoms with E-state index < -0.39 is 0 Å². The van der Waals surface area contributed by atoms with Crippen LogP contribution in [-0.4, -0.2) is 67.3 Å². The van der Waals surface area contributed by atoms with Crippen LogP contribution in [0, 0.1) is 0 Å². The van der Waals surface area contributed by atoms with E-state index in [1.807, 2.05) is 0 Å². The van der Waals surface area contributed by atoms with Gasteiger partial charge in [0.1, 0.15) is 0 Å². The number of likely N-dealkylation sites (N-methyl/N-ethyl adjacent to an activating group) is 1. The van der Waals surface area contributed by atoms with Crippen molar-refractivity contribution in [1.29, 1.82) is 0 Å². The van der Waals surface area contributed by atoms with E-state index in [-0.39, 0.29) is 5.54 Å². The molecule has 2 aliphatic rings. The lowest BCUT2D eigenvalue weighted by Gasteiger charge is -2.49.